The summed E-state index contributed by atoms with van der Waals surface area (Å²) in [5.74, 6) is -1.00. The number of methoxy groups -OCH3 is 1. The summed E-state index contributed by atoms with van der Waals surface area (Å²) in [6.07, 6.45) is 3.36. The molecule has 96 valence electrons. The van der Waals surface area contributed by atoms with Gasteiger partial charge in [-0.1, -0.05) is 11.6 Å². The van der Waals surface area contributed by atoms with E-state index in [0.29, 0.717) is 6.61 Å². The van der Waals surface area contributed by atoms with Crippen LogP contribution in [0, 0.1) is 0 Å². The number of halogens is 1. The van der Waals surface area contributed by atoms with Gasteiger partial charge < -0.3 is 14.8 Å². The van der Waals surface area contributed by atoms with Gasteiger partial charge in [0.1, 0.15) is 0 Å². The zero-order valence-corrected chi connectivity index (χ0v) is 10.8. The monoisotopic (exact) mass is 267 g/mol. The number of hydrogen-bond acceptors (Lipinski definition) is 2. The first-order valence-corrected chi connectivity index (χ1v) is 6.03. The number of carboxylic acid groups (broad SMARTS) is 1. The van der Waals surface area contributed by atoms with Crippen molar-refractivity contribution >= 4 is 28.5 Å². The summed E-state index contributed by atoms with van der Waals surface area (Å²) >= 11 is 6.09. The Balaban J connectivity index is 2.47. The molecule has 0 aliphatic rings. The standard InChI is InChI=1S/C13H14ClNO3/c1-18-6-2-3-8-7-10(13(16)17)11(14)9-4-5-15-12(8)9/h4-5,7,15H,2-3,6H2,1H3,(H,16,17). The van der Waals surface area contributed by atoms with E-state index in [1.807, 2.05) is 0 Å². The van der Waals surface area contributed by atoms with Gasteiger partial charge in [-0.25, -0.2) is 4.79 Å². The number of carbonyl (C=O) groups is 1. The number of aryl methyl sites for hydroxylation is 1. The molecule has 0 fully saturated rings. The predicted molar refractivity (Wildman–Crippen MR) is 70.5 cm³/mol. The molecule has 0 atom stereocenters. The summed E-state index contributed by atoms with van der Waals surface area (Å²) in [5, 5.41) is 10.2. The Morgan fingerprint density at radius 2 is 2.33 bits per heavy atom. The number of aromatic amines is 1. The van der Waals surface area contributed by atoms with E-state index in [9.17, 15) is 4.79 Å². The lowest BCUT2D eigenvalue weighted by molar-refractivity contribution is 0.0697. The Hall–Kier alpha value is -1.52. The first-order valence-electron chi connectivity index (χ1n) is 5.66. The molecule has 0 aliphatic heterocycles. The van der Waals surface area contributed by atoms with Crippen LogP contribution in [0.5, 0.6) is 0 Å². The van der Waals surface area contributed by atoms with Crippen LogP contribution in [0.2, 0.25) is 5.02 Å². The summed E-state index contributed by atoms with van der Waals surface area (Å²) < 4.78 is 5.01. The molecule has 0 unspecified atom stereocenters. The molecular weight excluding hydrogens is 254 g/mol. The Morgan fingerprint density at radius 1 is 1.56 bits per heavy atom. The normalized spacial score (nSPS) is 11.0. The molecule has 4 nitrogen and oxygen atoms in total. The Kier molecular flexibility index (Phi) is 3.89. The fourth-order valence-corrected chi connectivity index (χ4v) is 2.33. The van der Waals surface area contributed by atoms with Gasteiger partial charge in [-0.3, -0.25) is 0 Å². The summed E-state index contributed by atoms with van der Waals surface area (Å²) in [6, 6.07) is 3.43. The number of carboxylic acids is 1. The third-order valence-electron chi connectivity index (χ3n) is 2.88. The zero-order chi connectivity index (χ0) is 13.1. The molecule has 18 heavy (non-hydrogen) atoms. The molecule has 0 aliphatic carbocycles. The fraction of sp³-hybridized carbons (Fsp3) is 0.308. The third kappa shape index (κ3) is 2.35. The van der Waals surface area contributed by atoms with Crippen LogP contribution in [0.25, 0.3) is 10.9 Å². The van der Waals surface area contributed by atoms with E-state index in [-0.39, 0.29) is 10.6 Å². The highest BCUT2D eigenvalue weighted by atomic mass is 35.5. The molecule has 2 N–H and O–H groups in total. The second-order valence-electron chi connectivity index (χ2n) is 4.07. The van der Waals surface area contributed by atoms with Crippen LogP contribution in [0.4, 0.5) is 0 Å². The number of nitrogens with one attached hydrogen (secondary N) is 1. The van der Waals surface area contributed by atoms with E-state index in [1.165, 1.54) is 0 Å². The number of ether oxygens (including phenoxy) is 1. The highest BCUT2D eigenvalue weighted by Crippen LogP contribution is 2.30. The van der Waals surface area contributed by atoms with Crippen molar-refractivity contribution < 1.29 is 14.6 Å². The fourth-order valence-electron chi connectivity index (χ4n) is 2.03. The lowest BCUT2D eigenvalue weighted by Gasteiger charge is -2.07. The van der Waals surface area contributed by atoms with Crippen molar-refractivity contribution in [3.63, 3.8) is 0 Å². The molecule has 0 spiro atoms. The predicted octanol–water partition coefficient (Wildman–Crippen LogP) is 3.10. The number of aromatic nitrogens is 1. The SMILES string of the molecule is COCCCc1cc(C(=O)O)c(Cl)c2cc[nH]c12. The largest absolute Gasteiger partial charge is 0.478 e. The number of aromatic carboxylic acids is 1. The number of rotatable bonds is 5. The Morgan fingerprint density at radius 3 is 3.00 bits per heavy atom. The van der Waals surface area contributed by atoms with Gasteiger partial charge in [-0.15, -0.1) is 0 Å². The minimum atomic E-state index is -1.00. The van der Waals surface area contributed by atoms with Crippen molar-refractivity contribution in [3.8, 4) is 0 Å². The second-order valence-corrected chi connectivity index (χ2v) is 4.44. The molecule has 2 rings (SSSR count). The smallest absolute Gasteiger partial charge is 0.337 e. The van der Waals surface area contributed by atoms with Crippen molar-refractivity contribution in [2.24, 2.45) is 0 Å². The first-order chi connectivity index (χ1) is 8.65. The lowest BCUT2D eigenvalue weighted by atomic mass is 10.0. The van der Waals surface area contributed by atoms with Gasteiger partial charge in [0.15, 0.2) is 0 Å². The highest BCUT2D eigenvalue weighted by molar-refractivity contribution is 6.38. The van der Waals surface area contributed by atoms with Crippen molar-refractivity contribution in [2.75, 3.05) is 13.7 Å². The summed E-state index contributed by atoms with van der Waals surface area (Å²) in [6.45, 7) is 0.646. The van der Waals surface area contributed by atoms with Crippen LogP contribution < -0.4 is 0 Å². The van der Waals surface area contributed by atoms with Crippen LogP contribution in [-0.4, -0.2) is 29.8 Å². The molecule has 2 aromatic rings. The lowest BCUT2D eigenvalue weighted by Crippen LogP contribution is -2.01. The molecule has 1 aromatic carbocycles. The summed E-state index contributed by atoms with van der Waals surface area (Å²) in [4.78, 5) is 14.3. The van der Waals surface area contributed by atoms with Gasteiger partial charge in [-0.05, 0) is 30.5 Å². The summed E-state index contributed by atoms with van der Waals surface area (Å²) in [7, 11) is 1.65. The van der Waals surface area contributed by atoms with Gasteiger partial charge >= 0.3 is 5.97 Å². The van der Waals surface area contributed by atoms with Crippen molar-refractivity contribution in [3.05, 3.63) is 34.5 Å². The molecule has 1 aromatic heterocycles. The topological polar surface area (TPSA) is 62.3 Å². The number of H-pyrrole nitrogens is 1. The molecule has 0 amide bonds. The maximum Gasteiger partial charge on any atom is 0.337 e. The Bertz CT molecular complexity index is 577. The highest BCUT2D eigenvalue weighted by Gasteiger charge is 2.15. The maximum absolute atomic E-state index is 11.2. The van der Waals surface area contributed by atoms with E-state index in [2.05, 4.69) is 4.98 Å². The van der Waals surface area contributed by atoms with Crippen molar-refractivity contribution in [1.82, 2.24) is 4.98 Å². The van der Waals surface area contributed by atoms with Gasteiger partial charge in [0.2, 0.25) is 0 Å². The van der Waals surface area contributed by atoms with E-state index in [0.717, 1.165) is 29.3 Å². The van der Waals surface area contributed by atoms with E-state index in [4.69, 9.17) is 21.4 Å². The van der Waals surface area contributed by atoms with Crippen LogP contribution in [-0.2, 0) is 11.2 Å². The summed E-state index contributed by atoms with van der Waals surface area (Å²) in [5.41, 5.74) is 2.01. The second kappa shape index (κ2) is 5.42. The van der Waals surface area contributed by atoms with Crippen LogP contribution in [0.1, 0.15) is 22.3 Å². The minimum Gasteiger partial charge on any atom is -0.478 e. The number of hydrogen-bond donors (Lipinski definition) is 2. The van der Waals surface area contributed by atoms with Crippen molar-refractivity contribution in [1.29, 1.82) is 0 Å². The quantitative estimate of drug-likeness (QED) is 0.818. The van der Waals surface area contributed by atoms with Crippen LogP contribution in [0.15, 0.2) is 18.3 Å². The average molecular weight is 268 g/mol. The Labute approximate surface area is 110 Å². The van der Waals surface area contributed by atoms with E-state index < -0.39 is 5.97 Å². The van der Waals surface area contributed by atoms with E-state index >= 15 is 0 Å². The van der Waals surface area contributed by atoms with Crippen LogP contribution in [0.3, 0.4) is 0 Å². The molecule has 5 heteroatoms. The molecule has 0 radical (unpaired) electrons. The third-order valence-corrected chi connectivity index (χ3v) is 3.29. The average Bonchev–Trinajstić information content (AvgIpc) is 2.81. The van der Waals surface area contributed by atoms with Crippen molar-refractivity contribution in [2.45, 2.75) is 12.8 Å². The molecule has 0 saturated heterocycles. The van der Waals surface area contributed by atoms with Gasteiger partial charge in [-0.2, -0.15) is 0 Å². The molecule has 0 saturated carbocycles. The number of fused-ring (bicyclic) bond motifs is 1. The van der Waals surface area contributed by atoms with Gasteiger partial charge in [0.25, 0.3) is 0 Å². The van der Waals surface area contributed by atoms with Gasteiger partial charge in [0.05, 0.1) is 16.1 Å². The molecular formula is C13H14ClNO3. The maximum atomic E-state index is 11.2. The first kappa shape index (κ1) is 12.9. The van der Waals surface area contributed by atoms with E-state index in [1.54, 1.807) is 25.4 Å². The molecule has 0 bridgehead atoms. The molecule has 1 heterocycles. The minimum absolute atomic E-state index is 0.149. The zero-order valence-electron chi connectivity index (χ0n) is 10.00. The number of benzene rings is 1. The van der Waals surface area contributed by atoms with Gasteiger partial charge in [0, 0.05) is 25.3 Å². The van der Waals surface area contributed by atoms with Crippen LogP contribution >= 0.6 is 11.6 Å².